The molecule has 1 amide bonds. The predicted octanol–water partition coefficient (Wildman–Crippen LogP) is 0.569. The largest absolute Gasteiger partial charge is 0.352 e. The molecule has 0 aliphatic heterocycles. The fourth-order valence-corrected chi connectivity index (χ4v) is 1.90. The summed E-state index contributed by atoms with van der Waals surface area (Å²) in [6.07, 6.45) is 3.74. The Hall–Kier alpha value is -1.66. The SMILES string of the molecule is CC=CC(=O)NCCc1ccc(S(N)(=O)=O)cc1. The van der Waals surface area contributed by atoms with Crippen molar-refractivity contribution in [2.45, 2.75) is 18.2 Å². The van der Waals surface area contributed by atoms with E-state index in [1.807, 2.05) is 0 Å². The zero-order valence-electron chi connectivity index (χ0n) is 10.1. The molecule has 0 aliphatic rings. The Morgan fingerprint density at radius 3 is 2.44 bits per heavy atom. The van der Waals surface area contributed by atoms with Crippen LogP contribution >= 0.6 is 0 Å². The molecule has 98 valence electrons. The van der Waals surface area contributed by atoms with E-state index < -0.39 is 10.0 Å². The summed E-state index contributed by atoms with van der Waals surface area (Å²) in [7, 11) is -3.64. The first-order chi connectivity index (χ1) is 8.43. The fraction of sp³-hybridized carbons (Fsp3) is 0.250. The number of benzene rings is 1. The number of nitrogens with two attached hydrogens (primary N) is 1. The Labute approximate surface area is 107 Å². The van der Waals surface area contributed by atoms with Crippen LogP contribution in [-0.2, 0) is 21.2 Å². The van der Waals surface area contributed by atoms with Crippen molar-refractivity contribution in [2.24, 2.45) is 5.14 Å². The molecular formula is C12H16N2O3S. The van der Waals surface area contributed by atoms with Crippen LogP contribution in [0.1, 0.15) is 12.5 Å². The number of hydrogen-bond donors (Lipinski definition) is 2. The molecule has 0 bridgehead atoms. The van der Waals surface area contributed by atoms with Gasteiger partial charge in [0.2, 0.25) is 15.9 Å². The fourth-order valence-electron chi connectivity index (χ4n) is 1.39. The van der Waals surface area contributed by atoms with Gasteiger partial charge in [-0.1, -0.05) is 18.2 Å². The maximum atomic E-state index is 11.1. The molecule has 0 unspecified atom stereocenters. The summed E-state index contributed by atoms with van der Waals surface area (Å²) in [6, 6.07) is 6.28. The van der Waals surface area contributed by atoms with Crippen molar-refractivity contribution >= 4 is 15.9 Å². The highest BCUT2D eigenvalue weighted by atomic mass is 32.2. The van der Waals surface area contributed by atoms with Gasteiger partial charge >= 0.3 is 0 Å². The maximum Gasteiger partial charge on any atom is 0.243 e. The van der Waals surface area contributed by atoms with Gasteiger partial charge in [0.05, 0.1) is 4.90 Å². The number of sulfonamides is 1. The Kier molecular flexibility index (Phi) is 5.06. The Bertz CT molecular complexity index is 533. The number of hydrogen-bond acceptors (Lipinski definition) is 3. The van der Waals surface area contributed by atoms with Gasteiger partial charge in [-0.15, -0.1) is 0 Å². The van der Waals surface area contributed by atoms with Gasteiger partial charge in [0.15, 0.2) is 0 Å². The number of carbonyl (C=O) groups excluding carboxylic acids is 1. The van der Waals surface area contributed by atoms with Gasteiger partial charge in [0.1, 0.15) is 0 Å². The van der Waals surface area contributed by atoms with Gasteiger partial charge in [0, 0.05) is 6.54 Å². The average Bonchev–Trinajstić information content (AvgIpc) is 2.29. The molecule has 1 aromatic carbocycles. The van der Waals surface area contributed by atoms with E-state index in [2.05, 4.69) is 5.32 Å². The monoisotopic (exact) mass is 268 g/mol. The van der Waals surface area contributed by atoms with E-state index >= 15 is 0 Å². The number of carbonyl (C=O) groups is 1. The second kappa shape index (κ2) is 6.32. The quantitative estimate of drug-likeness (QED) is 0.765. The van der Waals surface area contributed by atoms with Crippen molar-refractivity contribution in [3.8, 4) is 0 Å². The summed E-state index contributed by atoms with van der Waals surface area (Å²) in [6.45, 7) is 2.27. The predicted molar refractivity (Wildman–Crippen MR) is 69.3 cm³/mol. The molecule has 0 radical (unpaired) electrons. The van der Waals surface area contributed by atoms with Crippen LogP contribution in [0.4, 0.5) is 0 Å². The zero-order valence-corrected chi connectivity index (χ0v) is 10.9. The van der Waals surface area contributed by atoms with Crippen molar-refractivity contribution in [3.05, 3.63) is 42.0 Å². The maximum absolute atomic E-state index is 11.1. The van der Waals surface area contributed by atoms with Crippen LogP contribution in [0.3, 0.4) is 0 Å². The lowest BCUT2D eigenvalue weighted by atomic mass is 10.1. The third-order valence-corrected chi connectivity index (χ3v) is 3.21. The summed E-state index contributed by atoms with van der Waals surface area (Å²) in [5.74, 6) is -0.140. The molecule has 18 heavy (non-hydrogen) atoms. The van der Waals surface area contributed by atoms with E-state index in [1.165, 1.54) is 18.2 Å². The van der Waals surface area contributed by atoms with Crippen LogP contribution < -0.4 is 10.5 Å². The highest BCUT2D eigenvalue weighted by Crippen LogP contribution is 2.08. The van der Waals surface area contributed by atoms with E-state index in [-0.39, 0.29) is 10.8 Å². The first-order valence-corrected chi connectivity index (χ1v) is 7.00. The molecule has 0 aliphatic carbocycles. The van der Waals surface area contributed by atoms with Gasteiger partial charge < -0.3 is 5.32 Å². The lowest BCUT2D eigenvalue weighted by Crippen LogP contribution is -2.23. The van der Waals surface area contributed by atoms with Gasteiger partial charge in [-0.3, -0.25) is 4.79 Å². The Morgan fingerprint density at radius 2 is 1.94 bits per heavy atom. The molecule has 3 N–H and O–H groups in total. The molecule has 0 heterocycles. The molecule has 0 saturated heterocycles. The first-order valence-electron chi connectivity index (χ1n) is 5.46. The second-order valence-corrected chi connectivity index (χ2v) is 5.29. The molecule has 0 atom stereocenters. The van der Waals surface area contributed by atoms with Crippen LogP contribution in [0.25, 0.3) is 0 Å². The smallest absolute Gasteiger partial charge is 0.243 e. The van der Waals surface area contributed by atoms with E-state index in [0.29, 0.717) is 13.0 Å². The van der Waals surface area contributed by atoms with E-state index in [1.54, 1.807) is 25.1 Å². The van der Waals surface area contributed by atoms with E-state index in [4.69, 9.17) is 5.14 Å². The third-order valence-electron chi connectivity index (χ3n) is 2.28. The summed E-state index contributed by atoms with van der Waals surface area (Å²) >= 11 is 0. The molecule has 0 spiro atoms. The van der Waals surface area contributed by atoms with E-state index in [0.717, 1.165) is 5.56 Å². The molecule has 1 aromatic rings. The minimum atomic E-state index is -3.64. The summed E-state index contributed by atoms with van der Waals surface area (Å²) in [4.78, 5) is 11.2. The highest BCUT2D eigenvalue weighted by Gasteiger charge is 2.06. The summed E-state index contributed by atoms with van der Waals surface area (Å²) < 4.78 is 22.1. The summed E-state index contributed by atoms with van der Waals surface area (Å²) in [5, 5.41) is 7.70. The molecule has 5 nitrogen and oxygen atoms in total. The molecule has 6 heteroatoms. The Balaban J connectivity index is 2.52. The van der Waals surface area contributed by atoms with Crippen molar-refractivity contribution in [1.82, 2.24) is 5.32 Å². The lowest BCUT2D eigenvalue weighted by molar-refractivity contribution is -0.116. The minimum absolute atomic E-state index is 0.0872. The second-order valence-electron chi connectivity index (χ2n) is 3.73. The molecule has 0 aromatic heterocycles. The van der Waals surface area contributed by atoms with Gasteiger partial charge in [-0.25, -0.2) is 13.6 Å². The third kappa shape index (κ3) is 4.68. The number of amides is 1. The van der Waals surface area contributed by atoms with Crippen molar-refractivity contribution < 1.29 is 13.2 Å². The van der Waals surface area contributed by atoms with Crippen molar-refractivity contribution in [2.75, 3.05) is 6.54 Å². The highest BCUT2D eigenvalue weighted by molar-refractivity contribution is 7.89. The molecular weight excluding hydrogens is 252 g/mol. The van der Waals surface area contributed by atoms with Crippen molar-refractivity contribution in [3.63, 3.8) is 0 Å². The average molecular weight is 268 g/mol. The lowest BCUT2D eigenvalue weighted by Gasteiger charge is -2.04. The molecule has 1 rings (SSSR count). The summed E-state index contributed by atoms with van der Waals surface area (Å²) in [5.41, 5.74) is 0.933. The van der Waals surface area contributed by atoms with Crippen LogP contribution in [0.2, 0.25) is 0 Å². The topological polar surface area (TPSA) is 89.3 Å². The van der Waals surface area contributed by atoms with E-state index in [9.17, 15) is 13.2 Å². The Morgan fingerprint density at radius 1 is 1.33 bits per heavy atom. The van der Waals surface area contributed by atoms with Crippen LogP contribution in [0, 0.1) is 0 Å². The molecule has 0 fully saturated rings. The number of primary sulfonamides is 1. The van der Waals surface area contributed by atoms with Gasteiger partial charge in [-0.05, 0) is 37.1 Å². The van der Waals surface area contributed by atoms with Crippen molar-refractivity contribution in [1.29, 1.82) is 0 Å². The zero-order chi connectivity index (χ0) is 13.6. The van der Waals surface area contributed by atoms with Crippen LogP contribution in [0.15, 0.2) is 41.3 Å². The van der Waals surface area contributed by atoms with Crippen LogP contribution in [-0.4, -0.2) is 20.9 Å². The van der Waals surface area contributed by atoms with Crippen LogP contribution in [0.5, 0.6) is 0 Å². The number of rotatable bonds is 5. The minimum Gasteiger partial charge on any atom is -0.352 e. The van der Waals surface area contributed by atoms with Gasteiger partial charge in [0.25, 0.3) is 0 Å². The van der Waals surface area contributed by atoms with Gasteiger partial charge in [-0.2, -0.15) is 0 Å². The molecule has 0 saturated carbocycles. The standard InChI is InChI=1S/C12H16N2O3S/c1-2-3-12(15)14-9-8-10-4-6-11(7-5-10)18(13,16)17/h2-7H,8-9H2,1H3,(H,14,15)(H2,13,16,17). The number of allylic oxidation sites excluding steroid dienone is 1. The number of nitrogens with one attached hydrogen (secondary N) is 1. The first kappa shape index (κ1) is 14.4. The normalized spacial score (nSPS) is 11.7.